The third-order valence-corrected chi connectivity index (χ3v) is 3.62. The van der Waals surface area contributed by atoms with Crippen molar-refractivity contribution < 1.29 is 42.5 Å². The summed E-state index contributed by atoms with van der Waals surface area (Å²) in [5.74, 6) is 0.325. The normalized spacial score (nSPS) is 13.3. The predicted octanol–water partition coefficient (Wildman–Crippen LogP) is -0.580. The van der Waals surface area contributed by atoms with E-state index in [-0.39, 0.29) is 29.6 Å². The van der Waals surface area contributed by atoms with Gasteiger partial charge in [0.05, 0.1) is 5.25 Å². The molecule has 0 heterocycles. The van der Waals surface area contributed by atoms with Crippen molar-refractivity contribution in [1.29, 1.82) is 0 Å². The zero-order chi connectivity index (χ0) is 11.6. The van der Waals surface area contributed by atoms with Gasteiger partial charge in [-0.2, -0.15) is 0 Å². The summed E-state index contributed by atoms with van der Waals surface area (Å²) < 4.78 is 32.6. The minimum atomic E-state index is -4.25. The summed E-state index contributed by atoms with van der Waals surface area (Å²) in [7, 11) is -4.25. The van der Waals surface area contributed by atoms with Gasteiger partial charge in [-0.3, -0.25) is 0 Å². The molecule has 0 aliphatic rings. The molecule has 0 saturated carbocycles. The van der Waals surface area contributed by atoms with Crippen molar-refractivity contribution in [1.82, 2.24) is 0 Å². The van der Waals surface area contributed by atoms with Crippen LogP contribution in [0.3, 0.4) is 0 Å². The number of hydrogen-bond acceptors (Lipinski definition) is 3. The average Bonchev–Trinajstić information content (AvgIpc) is 2.15. The van der Waals surface area contributed by atoms with Crippen molar-refractivity contribution in [3.63, 3.8) is 0 Å². The number of hydrogen-bond donors (Lipinski definition) is 0. The van der Waals surface area contributed by atoms with Gasteiger partial charge in [0.1, 0.15) is 10.1 Å². The van der Waals surface area contributed by atoms with E-state index in [0.29, 0.717) is 11.5 Å². The van der Waals surface area contributed by atoms with Crippen molar-refractivity contribution in [3.8, 4) is 0 Å². The Morgan fingerprint density at radius 1 is 1.12 bits per heavy atom. The smallest absolute Gasteiger partial charge is 0.747 e. The maximum atomic E-state index is 10.9. The van der Waals surface area contributed by atoms with E-state index in [1.165, 1.54) is 6.92 Å². The predicted molar refractivity (Wildman–Crippen MR) is 58.6 cm³/mol. The Balaban J connectivity index is 0.00000225. The molecular formula is C11H15NaO3S. The van der Waals surface area contributed by atoms with Gasteiger partial charge in [0.2, 0.25) is 0 Å². The van der Waals surface area contributed by atoms with Gasteiger partial charge >= 0.3 is 29.6 Å². The summed E-state index contributed by atoms with van der Waals surface area (Å²) in [6, 6.07) is 7.17. The Bertz CT molecular complexity index is 440. The maximum absolute atomic E-state index is 10.9. The molecular weight excluding hydrogens is 235 g/mol. The Labute approximate surface area is 119 Å². The van der Waals surface area contributed by atoms with E-state index in [9.17, 15) is 13.0 Å². The standard InChI is InChI=1S/C11H16O3S.Na/c1-8(2)10-5-4-6-11(7-10)9(3)15(12,13)14;/h4-9H,1-3H3,(H,12,13,14);/q;+1/p-1. The van der Waals surface area contributed by atoms with E-state index in [1.807, 2.05) is 19.9 Å². The Hall–Kier alpha value is 0.130. The van der Waals surface area contributed by atoms with Crippen molar-refractivity contribution in [2.75, 3.05) is 0 Å². The second-order valence-corrected chi connectivity index (χ2v) is 5.65. The van der Waals surface area contributed by atoms with Crippen LogP contribution in [0.25, 0.3) is 0 Å². The van der Waals surface area contributed by atoms with Gasteiger partial charge in [-0.1, -0.05) is 38.1 Å². The minimum absolute atomic E-state index is 0. The minimum Gasteiger partial charge on any atom is -0.747 e. The first-order valence-electron chi connectivity index (χ1n) is 4.87. The molecule has 0 aliphatic carbocycles. The van der Waals surface area contributed by atoms with Crippen molar-refractivity contribution >= 4 is 10.1 Å². The molecule has 1 aromatic carbocycles. The maximum Gasteiger partial charge on any atom is 1.00 e. The van der Waals surface area contributed by atoms with Gasteiger partial charge in [0.25, 0.3) is 0 Å². The number of benzene rings is 1. The molecule has 0 fully saturated rings. The van der Waals surface area contributed by atoms with Crippen LogP contribution in [0.1, 0.15) is 43.1 Å². The van der Waals surface area contributed by atoms with Crippen molar-refractivity contribution in [3.05, 3.63) is 35.4 Å². The van der Waals surface area contributed by atoms with E-state index >= 15 is 0 Å². The fraction of sp³-hybridized carbons (Fsp3) is 0.455. The fourth-order valence-corrected chi connectivity index (χ4v) is 1.82. The SMILES string of the molecule is CC(C)c1cccc(C(C)S(=O)(=O)[O-])c1.[Na+]. The molecule has 0 aromatic heterocycles. The molecule has 0 N–H and O–H groups in total. The molecule has 0 amide bonds. The second-order valence-electron chi connectivity index (χ2n) is 3.96. The molecule has 0 saturated heterocycles. The first-order chi connectivity index (χ1) is 6.82. The van der Waals surface area contributed by atoms with Crippen LogP contribution in [-0.2, 0) is 10.1 Å². The third-order valence-electron chi connectivity index (χ3n) is 2.48. The van der Waals surface area contributed by atoms with Crippen LogP contribution in [0.2, 0.25) is 0 Å². The van der Waals surface area contributed by atoms with Gasteiger partial charge in [-0.25, -0.2) is 8.42 Å². The molecule has 0 spiro atoms. The van der Waals surface area contributed by atoms with E-state index in [4.69, 9.17) is 0 Å². The fourth-order valence-electron chi connectivity index (χ4n) is 1.34. The van der Waals surface area contributed by atoms with Crippen LogP contribution in [0, 0.1) is 0 Å². The van der Waals surface area contributed by atoms with Gasteiger partial charge in [-0.15, -0.1) is 0 Å². The average molecular weight is 250 g/mol. The van der Waals surface area contributed by atoms with E-state index in [1.54, 1.807) is 18.2 Å². The quantitative estimate of drug-likeness (QED) is 0.533. The zero-order valence-corrected chi connectivity index (χ0v) is 12.9. The molecule has 0 bridgehead atoms. The topological polar surface area (TPSA) is 57.2 Å². The largest absolute Gasteiger partial charge is 1.00 e. The van der Waals surface area contributed by atoms with Crippen LogP contribution in [0.5, 0.6) is 0 Å². The Morgan fingerprint density at radius 2 is 1.62 bits per heavy atom. The summed E-state index contributed by atoms with van der Waals surface area (Å²) in [6.07, 6.45) is 0. The molecule has 1 atom stereocenters. The molecule has 1 aromatic rings. The zero-order valence-electron chi connectivity index (χ0n) is 10.1. The van der Waals surface area contributed by atoms with E-state index < -0.39 is 15.4 Å². The molecule has 1 unspecified atom stereocenters. The molecule has 3 nitrogen and oxygen atoms in total. The number of rotatable bonds is 3. The first kappa shape index (κ1) is 16.1. The van der Waals surface area contributed by atoms with Crippen LogP contribution in [-0.4, -0.2) is 13.0 Å². The van der Waals surface area contributed by atoms with Crippen molar-refractivity contribution in [2.45, 2.75) is 31.9 Å². The molecule has 0 radical (unpaired) electrons. The van der Waals surface area contributed by atoms with Crippen LogP contribution in [0.4, 0.5) is 0 Å². The molecule has 16 heavy (non-hydrogen) atoms. The van der Waals surface area contributed by atoms with Crippen LogP contribution in [0.15, 0.2) is 24.3 Å². The third kappa shape index (κ3) is 4.18. The Kier molecular flexibility index (Phi) is 6.22. The van der Waals surface area contributed by atoms with Crippen LogP contribution < -0.4 is 29.6 Å². The van der Waals surface area contributed by atoms with Gasteiger partial charge in [0, 0.05) is 0 Å². The van der Waals surface area contributed by atoms with Gasteiger partial charge < -0.3 is 4.55 Å². The summed E-state index contributed by atoms with van der Waals surface area (Å²) in [6.45, 7) is 5.47. The summed E-state index contributed by atoms with van der Waals surface area (Å²) >= 11 is 0. The molecule has 84 valence electrons. The Morgan fingerprint density at radius 3 is 2.06 bits per heavy atom. The van der Waals surface area contributed by atoms with Gasteiger partial charge in [0.15, 0.2) is 0 Å². The van der Waals surface area contributed by atoms with E-state index in [0.717, 1.165) is 5.56 Å². The summed E-state index contributed by atoms with van der Waals surface area (Å²) in [5.41, 5.74) is 1.61. The van der Waals surface area contributed by atoms with E-state index in [2.05, 4.69) is 0 Å². The summed E-state index contributed by atoms with van der Waals surface area (Å²) in [4.78, 5) is 0. The second kappa shape index (κ2) is 6.17. The molecule has 1 rings (SSSR count). The summed E-state index contributed by atoms with van der Waals surface area (Å²) in [5, 5.41) is -0.976. The van der Waals surface area contributed by atoms with Gasteiger partial charge in [-0.05, 0) is 24.0 Å². The monoisotopic (exact) mass is 250 g/mol. The van der Waals surface area contributed by atoms with Crippen molar-refractivity contribution in [2.24, 2.45) is 0 Å². The van der Waals surface area contributed by atoms with Crippen LogP contribution >= 0.6 is 0 Å². The first-order valence-corrected chi connectivity index (χ1v) is 6.34. The molecule has 0 aliphatic heterocycles. The molecule has 5 heteroatoms.